The number of nitrogens with one attached hydrogen (secondary N) is 1. The molecule has 1 aliphatic rings. The van der Waals surface area contributed by atoms with Crippen LogP contribution in [0.25, 0.3) is 21.7 Å². The Hall–Kier alpha value is -3.41. The van der Waals surface area contributed by atoms with Gasteiger partial charge in [-0.05, 0) is 31.0 Å². The fourth-order valence-corrected chi connectivity index (χ4v) is 4.15. The first-order valence-electron chi connectivity index (χ1n) is 9.98. The molecule has 29 heavy (non-hydrogen) atoms. The van der Waals surface area contributed by atoms with E-state index in [9.17, 15) is 9.59 Å². The van der Waals surface area contributed by atoms with E-state index < -0.39 is 0 Å². The predicted octanol–water partition coefficient (Wildman–Crippen LogP) is 4.19. The van der Waals surface area contributed by atoms with E-state index in [1.165, 1.54) is 0 Å². The third-order valence-corrected chi connectivity index (χ3v) is 5.64. The number of para-hydroxylation sites is 1. The van der Waals surface area contributed by atoms with Gasteiger partial charge in [0.2, 0.25) is 0 Å². The lowest BCUT2D eigenvalue weighted by Crippen LogP contribution is -2.30. The van der Waals surface area contributed by atoms with Crippen molar-refractivity contribution in [2.75, 3.05) is 0 Å². The molecular formula is C23H21N3O3. The van der Waals surface area contributed by atoms with Crippen molar-refractivity contribution in [1.29, 1.82) is 0 Å². The normalized spacial score (nSPS) is 14.6. The molecule has 0 spiro atoms. The quantitative estimate of drug-likeness (QED) is 0.570. The van der Waals surface area contributed by atoms with Crippen molar-refractivity contribution in [3.8, 4) is 0 Å². The average molecular weight is 387 g/mol. The van der Waals surface area contributed by atoms with Crippen LogP contribution in [0.5, 0.6) is 0 Å². The van der Waals surface area contributed by atoms with Crippen molar-refractivity contribution in [1.82, 2.24) is 15.1 Å². The number of furan rings is 1. The van der Waals surface area contributed by atoms with Gasteiger partial charge in [0, 0.05) is 10.8 Å². The summed E-state index contributed by atoms with van der Waals surface area (Å²) in [6.07, 6.45) is 4.17. The van der Waals surface area contributed by atoms with E-state index in [1.807, 2.05) is 48.5 Å². The van der Waals surface area contributed by atoms with Crippen LogP contribution in [0.3, 0.4) is 0 Å². The summed E-state index contributed by atoms with van der Waals surface area (Å²) in [5, 5.41) is 9.85. The van der Waals surface area contributed by atoms with Gasteiger partial charge in [-0.2, -0.15) is 5.10 Å². The Morgan fingerprint density at radius 3 is 2.59 bits per heavy atom. The monoisotopic (exact) mass is 387 g/mol. The summed E-state index contributed by atoms with van der Waals surface area (Å²) >= 11 is 0. The first-order valence-corrected chi connectivity index (χ1v) is 9.98. The smallest absolute Gasteiger partial charge is 0.287 e. The molecular weight excluding hydrogens is 366 g/mol. The highest BCUT2D eigenvalue weighted by Gasteiger charge is 2.22. The van der Waals surface area contributed by atoms with Crippen LogP contribution in [-0.2, 0) is 6.54 Å². The SMILES string of the molecule is O=C(NCc1nn(C2CCCC2)c(=O)c2ccccc12)c1cc2ccccc2o1. The minimum Gasteiger partial charge on any atom is -0.451 e. The van der Waals surface area contributed by atoms with E-state index in [1.54, 1.807) is 10.7 Å². The van der Waals surface area contributed by atoms with Crippen LogP contribution in [0.1, 0.15) is 48.0 Å². The Bertz CT molecular complexity index is 1230. The first kappa shape index (κ1) is 17.7. The number of aromatic nitrogens is 2. The molecule has 146 valence electrons. The molecule has 6 heteroatoms. The second-order valence-corrected chi connectivity index (χ2v) is 7.51. The van der Waals surface area contributed by atoms with Gasteiger partial charge in [-0.1, -0.05) is 49.2 Å². The van der Waals surface area contributed by atoms with E-state index in [0.29, 0.717) is 16.7 Å². The molecule has 6 nitrogen and oxygen atoms in total. The average Bonchev–Trinajstić information content (AvgIpc) is 3.43. The van der Waals surface area contributed by atoms with Gasteiger partial charge in [-0.3, -0.25) is 9.59 Å². The summed E-state index contributed by atoms with van der Waals surface area (Å²) in [6, 6.07) is 16.8. The van der Waals surface area contributed by atoms with E-state index in [-0.39, 0.29) is 29.8 Å². The van der Waals surface area contributed by atoms with Crippen LogP contribution in [0.4, 0.5) is 0 Å². The third kappa shape index (κ3) is 3.20. The Morgan fingerprint density at radius 1 is 1.07 bits per heavy atom. The molecule has 0 radical (unpaired) electrons. The van der Waals surface area contributed by atoms with Crippen LogP contribution < -0.4 is 10.9 Å². The number of carbonyl (C=O) groups is 1. The molecule has 2 heterocycles. The zero-order valence-electron chi connectivity index (χ0n) is 15.9. The molecule has 1 amide bonds. The number of rotatable bonds is 4. The largest absolute Gasteiger partial charge is 0.451 e. The van der Waals surface area contributed by atoms with Crippen molar-refractivity contribution >= 4 is 27.6 Å². The molecule has 1 N–H and O–H groups in total. The van der Waals surface area contributed by atoms with E-state index >= 15 is 0 Å². The number of fused-ring (bicyclic) bond motifs is 2. The molecule has 0 aliphatic heterocycles. The van der Waals surface area contributed by atoms with E-state index in [4.69, 9.17) is 4.42 Å². The number of benzene rings is 2. The summed E-state index contributed by atoms with van der Waals surface area (Å²) in [4.78, 5) is 25.6. The van der Waals surface area contributed by atoms with Gasteiger partial charge >= 0.3 is 0 Å². The molecule has 1 fully saturated rings. The van der Waals surface area contributed by atoms with E-state index in [0.717, 1.165) is 36.5 Å². The molecule has 2 aromatic heterocycles. The molecule has 1 aliphatic carbocycles. The number of amides is 1. The zero-order valence-corrected chi connectivity index (χ0v) is 15.9. The van der Waals surface area contributed by atoms with Crippen molar-refractivity contribution in [3.05, 3.63) is 76.4 Å². The van der Waals surface area contributed by atoms with Crippen LogP contribution in [-0.4, -0.2) is 15.7 Å². The fraction of sp³-hybridized carbons (Fsp3) is 0.261. The highest BCUT2D eigenvalue weighted by molar-refractivity contribution is 5.96. The first-order chi connectivity index (χ1) is 14.2. The molecule has 0 atom stereocenters. The Balaban J connectivity index is 1.47. The van der Waals surface area contributed by atoms with Crippen LogP contribution in [0.15, 0.2) is 63.8 Å². The number of carbonyl (C=O) groups excluding carboxylic acids is 1. The topological polar surface area (TPSA) is 77.1 Å². The molecule has 0 unspecified atom stereocenters. The minimum absolute atomic E-state index is 0.0557. The van der Waals surface area contributed by atoms with Gasteiger partial charge in [0.15, 0.2) is 5.76 Å². The van der Waals surface area contributed by atoms with Crippen molar-refractivity contribution in [3.63, 3.8) is 0 Å². The van der Waals surface area contributed by atoms with Gasteiger partial charge in [0.25, 0.3) is 11.5 Å². The van der Waals surface area contributed by atoms with Crippen molar-refractivity contribution < 1.29 is 9.21 Å². The summed E-state index contributed by atoms with van der Waals surface area (Å²) in [5.41, 5.74) is 1.31. The van der Waals surface area contributed by atoms with Crippen LogP contribution in [0, 0.1) is 0 Å². The van der Waals surface area contributed by atoms with Gasteiger partial charge < -0.3 is 9.73 Å². The standard InChI is InChI=1S/C23H21N3O3/c27-22(21-13-15-7-1-6-12-20(15)29-21)24-14-19-17-10-4-5-11-18(17)23(28)26(25-19)16-8-2-3-9-16/h1,4-7,10-13,16H,2-3,8-9,14H2,(H,24,27). The summed E-state index contributed by atoms with van der Waals surface area (Å²) in [6.45, 7) is 0.226. The summed E-state index contributed by atoms with van der Waals surface area (Å²) < 4.78 is 7.27. The lowest BCUT2D eigenvalue weighted by atomic mass is 10.1. The van der Waals surface area contributed by atoms with E-state index in [2.05, 4.69) is 10.4 Å². The van der Waals surface area contributed by atoms with Crippen LogP contribution in [0.2, 0.25) is 0 Å². The second kappa shape index (κ2) is 7.20. The number of nitrogens with zero attached hydrogens (tertiary/aromatic N) is 2. The zero-order chi connectivity index (χ0) is 19.8. The molecule has 1 saturated carbocycles. The number of hydrogen-bond donors (Lipinski definition) is 1. The Labute approximate surface area is 167 Å². The van der Waals surface area contributed by atoms with Crippen LogP contribution >= 0.6 is 0 Å². The molecule has 4 aromatic rings. The Kier molecular flexibility index (Phi) is 4.39. The van der Waals surface area contributed by atoms with Gasteiger partial charge in [-0.25, -0.2) is 4.68 Å². The maximum atomic E-state index is 12.9. The summed E-state index contributed by atoms with van der Waals surface area (Å²) in [5.74, 6) is -0.0367. The lowest BCUT2D eigenvalue weighted by Gasteiger charge is -2.16. The minimum atomic E-state index is -0.300. The highest BCUT2D eigenvalue weighted by Crippen LogP contribution is 2.28. The summed E-state index contributed by atoms with van der Waals surface area (Å²) in [7, 11) is 0. The number of hydrogen-bond acceptors (Lipinski definition) is 4. The van der Waals surface area contributed by atoms with Crippen molar-refractivity contribution in [2.45, 2.75) is 38.3 Å². The molecule has 5 rings (SSSR count). The molecule has 2 aromatic carbocycles. The van der Waals surface area contributed by atoms with Gasteiger partial charge in [-0.15, -0.1) is 0 Å². The van der Waals surface area contributed by atoms with Crippen molar-refractivity contribution in [2.24, 2.45) is 0 Å². The maximum absolute atomic E-state index is 12.9. The second-order valence-electron chi connectivity index (χ2n) is 7.51. The molecule has 0 saturated heterocycles. The molecule has 0 bridgehead atoms. The maximum Gasteiger partial charge on any atom is 0.287 e. The van der Waals surface area contributed by atoms with Gasteiger partial charge in [0.1, 0.15) is 5.58 Å². The fourth-order valence-electron chi connectivity index (χ4n) is 4.15. The lowest BCUT2D eigenvalue weighted by molar-refractivity contribution is 0.0925. The predicted molar refractivity (Wildman–Crippen MR) is 111 cm³/mol. The third-order valence-electron chi connectivity index (χ3n) is 5.64. The van der Waals surface area contributed by atoms with Gasteiger partial charge in [0.05, 0.1) is 23.7 Å². The highest BCUT2D eigenvalue weighted by atomic mass is 16.3. The Morgan fingerprint density at radius 2 is 1.79 bits per heavy atom.